The van der Waals surface area contributed by atoms with Gasteiger partial charge in [0.15, 0.2) is 10.7 Å². The summed E-state index contributed by atoms with van der Waals surface area (Å²) in [5.74, 6) is 0.297. The van der Waals surface area contributed by atoms with Crippen LogP contribution in [0.1, 0.15) is 10.4 Å². The van der Waals surface area contributed by atoms with E-state index < -0.39 is 0 Å². The highest BCUT2D eigenvalue weighted by atomic mass is 32.1. The normalized spacial score (nSPS) is 10.8. The average molecular weight is 423 g/mol. The summed E-state index contributed by atoms with van der Waals surface area (Å²) < 4.78 is 5.79. The SMILES string of the molecule is O=C(NC(=S)Nc1ccc(-c2nc3ccccc3o2)cc1)c1ccc2ccccc2c1. The molecule has 0 radical (unpaired) electrons. The van der Waals surface area contributed by atoms with Gasteiger partial charge >= 0.3 is 0 Å². The van der Waals surface area contributed by atoms with Crippen molar-refractivity contribution >= 4 is 50.8 Å². The summed E-state index contributed by atoms with van der Waals surface area (Å²) >= 11 is 5.30. The molecule has 0 spiro atoms. The van der Waals surface area contributed by atoms with Crippen LogP contribution in [0.5, 0.6) is 0 Å². The lowest BCUT2D eigenvalue weighted by atomic mass is 10.1. The maximum Gasteiger partial charge on any atom is 0.257 e. The molecule has 0 fully saturated rings. The Morgan fingerprint density at radius 1 is 0.839 bits per heavy atom. The fraction of sp³-hybridized carbons (Fsp3) is 0. The molecule has 1 amide bonds. The molecule has 150 valence electrons. The van der Waals surface area contributed by atoms with Crippen LogP contribution >= 0.6 is 12.2 Å². The molecule has 0 aliphatic rings. The van der Waals surface area contributed by atoms with E-state index in [1.165, 1.54) is 0 Å². The van der Waals surface area contributed by atoms with E-state index in [0.717, 1.165) is 33.1 Å². The third-order valence-corrected chi connectivity index (χ3v) is 5.13. The van der Waals surface area contributed by atoms with Crippen molar-refractivity contribution in [1.82, 2.24) is 10.3 Å². The van der Waals surface area contributed by atoms with Crippen molar-refractivity contribution in [3.8, 4) is 11.5 Å². The first-order valence-electron chi connectivity index (χ1n) is 9.73. The summed E-state index contributed by atoms with van der Waals surface area (Å²) in [7, 11) is 0. The van der Waals surface area contributed by atoms with Crippen molar-refractivity contribution in [3.63, 3.8) is 0 Å². The van der Waals surface area contributed by atoms with E-state index in [1.54, 1.807) is 6.07 Å². The number of hydrogen-bond acceptors (Lipinski definition) is 4. The van der Waals surface area contributed by atoms with Gasteiger partial charge < -0.3 is 9.73 Å². The molecular formula is C25H17N3O2S. The number of carbonyl (C=O) groups excluding carboxylic acids is 1. The third kappa shape index (κ3) is 4.01. The molecule has 0 unspecified atom stereocenters. The minimum absolute atomic E-state index is 0.229. The number of fused-ring (bicyclic) bond motifs is 2. The summed E-state index contributed by atoms with van der Waals surface area (Å²) in [4.78, 5) is 17.1. The molecule has 5 rings (SSSR count). The van der Waals surface area contributed by atoms with Gasteiger partial charge in [0.2, 0.25) is 5.89 Å². The van der Waals surface area contributed by atoms with Crippen molar-refractivity contribution < 1.29 is 9.21 Å². The van der Waals surface area contributed by atoms with E-state index in [9.17, 15) is 4.79 Å². The maximum absolute atomic E-state index is 12.6. The minimum Gasteiger partial charge on any atom is -0.436 e. The predicted molar refractivity (Wildman–Crippen MR) is 127 cm³/mol. The van der Waals surface area contributed by atoms with Crippen LogP contribution in [-0.4, -0.2) is 16.0 Å². The molecule has 4 aromatic carbocycles. The second kappa shape index (κ2) is 8.01. The number of nitrogens with zero attached hydrogens (tertiary/aromatic N) is 1. The van der Waals surface area contributed by atoms with Crippen molar-refractivity contribution in [1.29, 1.82) is 0 Å². The van der Waals surface area contributed by atoms with Crippen LogP contribution in [0.2, 0.25) is 0 Å². The summed E-state index contributed by atoms with van der Waals surface area (Å²) in [6.45, 7) is 0. The number of oxazole rings is 1. The zero-order valence-electron chi connectivity index (χ0n) is 16.3. The van der Waals surface area contributed by atoms with Crippen molar-refractivity contribution in [3.05, 3.63) is 96.6 Å². The van der Waals surface area contributed by atoms with Gasteiger partial charge in [0, 0.05) is 16.8 Å². The standard InChI is InChI=1S/C25H17N3O2S/c29-23(19-10-9-16-5-1-2-6-18(16)15-19)28-25(31)26-20-13-11-17(12-14-20)24-27-21-7-3-4-8-22(21)30-24/h1-15H,(H2,26,28,29,31). The van der Waals surface area contributed by atoms with Crippen LogP contribution < -0.4 is 10.6 Å². The van der Waals surface area contributed by atoms with E-state index >= 15 is 0 Å². The van der Waals surface area contributed by atoms with Crippen molar-refractivity contribution in [2.75, 3.05) is 5.32 Å². The predicted octanol–water partition coefficient (Wildman–Crippen LogP) is 5.77. The molecule has 0 aliphatic heterocycles. The van der Waals surface area contributed by atoms with Crippen molar-refractivity contribution in [2.45, 2.75) is 0 Å². The van der Waals surface area contributed by atoms with Gasteiger partial charge in [0.25, 0.3) is 5.91 Å². The first-order valence-corrected chi connectivity index (χ1v) is 10.1. The molecule has 1 aromatic heterocycles. The topological polar surface area (TPSA) is 67.2 Å². The summed E-state index contributed by atoms with van der Waals surface area (Å²) in [6.07, 6.45) is 0. The van der Waals surface area contributed by atoms with Crippen molar-refractivity contribution in [2.24, 2.45) is 0 Å². The highest BCUT2D eigenvalue weighted by Crippen LogP contribution is 2.25. The summed E-state index contributed by atoms with van der Waals surface area (Å²) in [5.41, 5.74) is 3.72. The monoisotopic (exact) mass is 423 g/mol. The second-order valence-corrected chi connectivity index (χ2v) is 7.44. The average Bonchev–Trinajstić information content (AvgIpc) is 3.23. The maximum atomic E-state index is 12.6. The van der Waals surface area contributed by atoms with Crippen LogP contribution in [0.3, 0.4) is 0 Å². The Labute approximate surface area is 183 Å². The number of amides is 1. The van der Waals surface area contributed by atoms with Gasteiger partial charge in [-0.3, -0.25) is 10.1 Å². The Morgan fingerprint density at radius 2 is 1.58 bits per heavy atom. The fourth-order valence-corrected chi connectivity index (χ4v) is 3.57. The number of anilines is 1. The van der Waals surface area contributed by atoms with Gasteiger partial charge in [-0.25, -0.2) is 4.98 Å². The number of carbonyl (C=O) groups is 1. The summed E-state index contributed by atoms with van der Waals surface area (Å²) in [6, 6.07) is 28.6. The molecule has 0 saturated carbocycles. The summed E-state index contributed by atoms with van der Waals surface area (Å²) in [5, 5.41) is 8.07. The number of para-hydroxylation sites is 2. The molecule has 6 heteroatoms. The number of benzene rings is 4. The second-order valence-electron chi connectivity index (χ2n) is 7.03. The Bertz CT molecular complexity index is 1390. The van der Waals surface area contributed by atoms with E-state index in [4.69, 9.17) is 16.6 Å². The third-order valence-electron chi connectivity index (χ3n) is 4.92. The quantitative estimate of drug-likeness (QED) is 0.360. The zero-order chi connectivity index (χ0) is 21.2. The van der Waals surface area contributed by atoms with Gasteiger partial charge in [-0.05, 0) is 71.5 Å². The van der Waals surface area contributed by atoms with E-state index in [1.807, 2.05) is 84.9 Å². The molecular weight excluding hydrogens is 406 g/mol. The van der Waals surface area contributed by atoms with Crippen LogP contribution in [0.15, 0.2) is 95.4 Å². The number of rotatable bonds is 3. The highest BCUT2D eigenvalue weighted by molar-refractivity contribution is 7.80. The van der Waals surface area contributed by atoms with Gasteiger partial charge in [0.1, 0.15) is 5.52 Å². The van der Waals surface area contributed by atoms with Gasteiger partial charge in [-0.1, -0.05) is 42.5 Å². The Morgan fingerprint density at radius 3 is 2.39 bits per heavy atom. The largest absolute Gasteiger partial charge is 0.436 e. The molecule has 31 heavy (non-hydrogen) atoms. The lowest BCUT2D eigenvalue weighted by Crippen LogP contribution is -2.34. The highest BCUT2D eigenvalue weighted by Gasteiger charge is 2.10. The molecule has 0 saturated heterocycles. The van der Waals surface area contributed by atoms with Gasteiger partial charge in [0.05, 0.1) is 0 Å². The number of aromatic nitrogens is 1. The van der Waals surface area contributed by atoms with Crippen LogP contribution in [0, 0.1) is 0 Å². The molecule has 2 N–H and O–H groups in total. The molecule has 5 nitrogen and oxygen atoms in total. The van der Waals surface area contributed by atoms with Crippen LogP contribution in [0.4, 0.5) is 5.69 Å². The number of nitrogens with one attached hydrogen (secondary N) is 2. The Hall–Kier alpha value is -4.03. The number of thiocarbonyl (C=S) groups is 1. The lowest BCUT2D eigenvalue weighted by Gasteiger charge is -2.10. The smallest absolute Gasteiger partial charge is 0.257 e. The number of hydrogen-bond donors (Lipinski definition) is 2. The molecule has 5 aromatic rings. The molecule has 1 heterocycles. The lowest BCUT2D eigenvalue weighted by molar-refractivity contribution is 0.0978. The minimum atomic E-state index is -0.258. The van der Waals surface area contributed by atoms with Gasteiger partial charge in [-0.2, -0.15) is 0 Å². The Balaban J connectivity index is 1.26. The van der Waals surface area contributed by atoms with E-state index in [-0.39, 0.29) is 11.0 Å². The zero-order valence-corrected chi connectivity index (χ0v) is 17.1. The first-order chi connectivity index (χ1) is 15.2. The fourth-order valence-electron chi connectivity index (χ4n) is 3.36. The van der Waals surface area contributed by atoms with E-state index in [2.05, 4.69) is 15.6 Å². The molecule has 0 aliphatic carbocycles. The van der Waals surface area contributed by atoms with Crippen LogP contribution in [-0.2, 0) is 0 Å². The van der Waals surface area contributed by atoms with Gasteiger partial charge in [-0.15, -0.1) is 0 Å². The molecule has 0 bridgehead atoms. The first kappa shape index (κ1) is 19.0. The van der Waals surface area contributed by atoms with E-state index in [0.29, 0.717) is 11.5 Å². The Kier molecular flexibility index (Phi) is 4.90. The molecule has 0 atom stereocenters. The van der Waals surface area contributed by atoms with Crippen LogP contribution in [0.25, 0.3) is 33.3 Å².